The van der Waals surface area contributed by atoms with Crippen molar-refractivity contribution in [2.24, 2.45) is 0 Å². The summed E-state index contributed by atoms with van der Waals surface area (Å²) in [5.74, 6) is 1.19. The van der Waals surface area contributed by atoms with E-state index in [0.717, 1.165) is 12.0 Å². The zero-order valence-corrected chi connectivity index (χ0v) is 17.4. The van der Waals surface area contributed by atoms with Crippen LogP contribution in [0.1, 0.15) is 22.3 Å². The van der Waals surface area contributed by atoms with Crippen LogP contribution in [0.2, 0.25) is 10.0 Å². The van der Waals surface area contributed by atoms with E-state index in [2.05, 4.69) is 10.4 Å². The molecule has 1 heterocycles. The van der Waals surface area contributed by atoms with E-state index in [9.17, 15) is 4.79 Å². The Hall–Kier alpha value is -2.70. The van der Waals surface area contributed by atoms with Gasteiger partial charge in [-0.25, -0.2) is 0 Å². The average molecular weight is 434 g/mol. The first-order chi connectivity index (χ1) is 14.0. The third-order valence-corrected chi connectivity index (χ3v) is 4.65. The number of nitrogens with zero attached hydrogens (tertiary/aromatic N) is 2. The molecule has 0 saturated carbocycles. The van der Waals surface area contributed by atoms with Gasteiger partial charge in [-0.15, -0.1) is 0 Å². The summed E-state index contributed by atoms with van der Waals surface area (Å²) in [6, 6.07) is 12.4. The molecule has 1 amide bonds. The number of hydrogen-bond acceptors (Lipinski definition) is 4. The van der Waals surface area contributed by atoms with Crippen molar-refractivity contribution in [3.8, 4) is 11.5 Å². The van der Waals surface area contributed by atoms with Crippen molar-refractivity contribution >= 4 is 29.1 Å². The Bertz CT molecular complexity index is 958. The van der Waals surface area contributed by atoms with Crippen LogP contribution in [0.25, 0.3) is 0 Å². The largest absolute Gasteiger partial charge is 0.496 e. The number of amides is 1. The van der Waals surface area contributed by atoms with Gasteiger partial charge >= 0.3 is 0 Å². The van der Waals surface area contributed by atoms with E-state index in [1.54, 1.807) is 66.6 Å². The number of hydrogen-bond donors (Lipinski definition) is 1. The van der Waals surface area contributed by atoms with Gasteiger partial charge in [-0.2, -0.15) is 5.10 Å². The number of nitrogens with one attached hydrogen (secondary N) is 1. The summed E-state index contributed by atoms with van der Waals surface area (Å²) in [5.41, 5.74) is 1.32. The first-order valence-corrected chi connectivity index (χ1v) is 9.82. The fourth-order valence-corrected chi connectivity index (χ4v) is 3.01. The predicted octanol–water partition coefficient (Wildman–Crippen LogP) is 4.60. The molecule has 29 heavy (non-hydrogen) atoms. The molecule has 6 nitrogen and oxygen atoms in total. The molecule has 8 heteroatoms. The normalized spacial score (nSPS) is 10.6. The lowest BCUT2D eigenvalue weighted by Gasteiger charge is -2.12. The molecular weight excluding hydrogens is 413 g/mol. The van der Waals surface area contributed by atoms with Gasteiger partial charge in [0, 0.05) is 35.4 Å². The maximum absolute atomic E-state index is 12.5. The molecule has 3 aromatic rings. The molecule has 2 aromatic carbocycles. The van der Waals surface area contributed by atoms with Crippen LogP contribution in [-0.4, -0.2) is 29.3 Å². The first kappa shape index (κ1) is 21.0. The Morgan fingerprint density at radius 3 is 2.62 bits per heavy atom. The summed E-state index contributed by atoms with van der Waals surface area (Å²) in [4.78, 5) is 12.5. The second-order valence-electron chi connectivity index (χ2n) is 6.30. The maximum Gasteiger partial charge on any atom is 0.251 e. The smallest absolute Gasteiger partial charge is 0.251 e. The number of aryl methyl sites for hydroxylation is 1. The van der Waals surface area contributed by atoms with E-state index in [4.69, 9.17) is 32.7 Å². The first-order valence-electron chi connectivity index (χ1n) is 9.06. The minimum absolute atomic E-state index is 0.154. The van der Waals surface area contributed by atoms with Gasteiger partial charge in [0.2, 0.25) is 0 Å². The molecule has 0 aliphatic carbocycles. The van der Waals surface area contributed by atoms with E-state index in [1.807, 2.05) is 0 Å². The highest BCUT2D eigenvalue weighted by Gasteiger charge is 2.11. The second-order valence-corrected chi connectivity index (χ2v) is 7.17. The molecule has 0 spiro atoms. The summed E-state index contributed by atoms with van der Waals surface area (Å²) in [6.45, 7) is 1.47. The highest BCUT2D eigenvalue weighted by atomic mass is 35.5. The number of methoxy groups -OCH3 is 1. The average Bonchev–Trinajstić information content (AvgIpc) is 3.15. The summed E-state index contributed by atoms with van der Waals surface area (Å²) in [5, 5.41) is 8.26. The molecule has 0 aliphatic rings. The standard InChI is InChI=1S/C21H21Cl2N3O3/c1-28-20-8-3-15(11-16(20)14-29-19-6-4-17(22)5-7-19)21(27)24-9-2-10-26-13-18(23)12-25-26/h3-8,11-13H,2,9-10,14H2,1H3,(H,24,27). The van der Waals surface area contributed by atoms with Crippen LogP contribution in [0.3, 0.4) is 0 Å². The van der Waals surface area contributed by atoms with E-state index >= 15 is 0 Å². The van der Waals surface area contributed by atoms with Gasteiger partial charge in [-0.3, -0.25) is 9.48 Å². The van der Waals surface area contributed by atoms with Crippen molar-refractivity contribution in [3.63, 3.8) is 0 Å². The SMILES string of the molecule is COc1ccc(C(=O)NCCCn2cc(Cl)cn2)cc1COc1ccc(Cl)cc1. The highest BCUT2D eigenvalue weighted by molar-refractivity contribution is 6.30. The van der Waals surface area contributed by atoms with Crippen molar-refractivity contribution in [1.29, 1.82) is 0 Å². The third kappa shape index (κ3) is 6.14. The van der Waals surface area contributed by atoms with Gasteiger partial charge in [0.15, 0.2) is 0 Å². The minimum atomic E-state index is -0.154. The second kappa shape index (κ2) is 10.2. The van der Waals surface area contributed by atoms with Crippen molar-refractivity contribution in [3.05, 3.63) is 76.0 Å². The Balaban J connectivity index is 1.56. The molecule has 0 saturated heterocycles. The maximum atomic E-state index is 12.5. The molecular formula is C21H21Cl2N3O3. The lowest BCUT2D eigenvalue weighted by molar-refractivity contribution is 0.0952. The molecule has 0 atom stereocenters. The molecule has 0 bridgehead atoms. The molecule has 0 fully saturated rings. The number of aromatic nitrogens is 2. The third-order valence-electron chi connectivity index (χ3n) is 4.20. The van der Waals surface area contributed by atoms with Crippen molar-refractivity contribution in [2.75, 3.05) is 13.7 Å². The summed E-state index contributed by atoms with van der Waals surface area (Å²) in [7, 11) is 1.59. The number of halogens is 2. The van der Waals surface area contributed by atoms with Crippen LogP contribution in [0, 0.1) is 0 Å². The molecule has 3 rings (SSSR count). The summed E-state index contributed by atoms with van der Waals surface area (Å²) < 4.78 is 12.9. The van der Waals surface area contributed by atoms with Crippen molar-refractivity contribution < 1.29 is 14.3 Å². The van der Waals surface area contributed by atoms with Crippen molar-refractivity contribution in [1.82, 2.24) is 15.1 Å². The number of benzene rings is 2. The Kier molecular flexibility index (Phi) is 7.38. The summed E-state index contributed by atoms with van der Waals surface area (Å²) in [6.07, 6.45) is 4.08. The molecule has 0 aliphatic heterocycles. The lowest BCUT2D eigenvalue weighted by Crippen LogP contribution is -2.25. The number of rotatable bonds is 9. The highest BCUT2D eigenvalue weighted by Crippen LogP contribution is 2.23. The zero-order chi connectivity index (χ0) is 20.6. The minimum Gasteiger partial charge on any atom is -0.496 e. The van der Waals surface area contributed by atoms with Gasteiger partial charge in [-0.05, 0) is 48.9 Å². The molecule has 1 aromatic heterocycles. The zero-order valence-electron chi connectivity index (χ0n) is 15.9. The fraction of sp³-hybridized carbons (Fsp3) is 0.238. The molecule has 152 valence electrons. The summed E-state index contributed by atoms with van der Waals surface area (Å²) >= 11 is 11.7. The number of carbonyl (C=O) groups is 1. The van der Waals surface area contributed by atoms with Crippen LogP contribution >= 0.6 is 23.2 Å². The van der Waals surface area contributed by atoms with Gasteiger partial charge in [0.25, 0.3) is 5.91 Å². The number of ether oxygens (including phenoxy) is 2. The van der Waals surface area contributed by atoms with Gasteiger partial charge in [0.1, 0.15) is 18.1 Å². The van der Waals surface area contributed by atoms with Crippen LogP contribution in [0.15, 0.2) is 54.9 Å². The fourth-order valence-electron chi connectivity index (χ4n) is 2.73. The lowest BCUT2D eigenvalue weighted by atomic mass is 10.1. The van der Waals surface area contributed by atoms with Crippen LogP contribution in [-0.2, 0) is 13.2 Å². The monoisotopic (exact) mass is 433 g/mol. The Morgan fingerprint density at radius 2 is 1.93 bits per heavy atom. The van der Waals surface area contributed by atoms with Gasteiger partial charge in [0.05, 0.1) is 18.3 Å². The van der Waals surface area contributed by atoms with Crippen LogP contribution in [0.5, 0.6) is 11.5 Å². The quantitative estimate of drug-likeness (QED) is 0.500. The van der Waals surface area contributed by atoms with Gasteiger partial charge in [-0.1, -0.05) is 23.2 Å². The predicted molar refractivity (Wildman–Crippen MR) is 113 cm³/mol. The van der Waals surface area contributed by atoms with E-state index in [-0.39, 0.29) is 12.5 Å². The van der Waals surface area contributed by atoms with Crippen molar-refractivity contribution in [2.45, 2.75) is 19.6 Å². The van der Waals surface area contributed by atoms with Crippen LogP contribution in [0.4, 0.5) is 0 Å². The Morgan fingerprint density at radius 1 is 1.14 bits per heavy atom. The van der Waals surface area contributed by atoms with Gasteiger partial charge < -0.3 is 14.8 Å². The Labute approximate surface area is 179 Å². The number of carbonyl (C=O) groups excluding carboxylic acids is 1. The van der Waals surface area contributed by atoms with E-state index in [1.165, 1.54) is 0 Å². The molecule has 0 radical (unpaired) electrons. The van der Waals surface area contributed by atoms with E-state index < -0.39 is 0 Å². The van der Waals surface area contributed by atoms with Crippen LogP contribution < -0.4 is 14.8 Å². The molecule has 0 unspecified atom stereocenters. The van der Waals surface area contributed by atoms with E-state index in [0.29, 0.717) is 40.2 Å². The molecule has 1 N–H and O–H groups in total. The topological polar surface area (TPSA) is 65.4 Å².